The summed E-state index contributed by atoms with van der Waals surface area (Å²) in [5, 5.41) is 1.01. The smallest absolute Gasteiger partial charge is 0.165 e. The van der Waals surface area contributed by atoms with Gasteiger partial charge >= 0.3 is 0 Å². The first-order chi connectivity index (χ1) is 16.7. The van der Waals surface area contributed by atoms with Gasteiger partial charge in [0.25, 0.3) is 0 Å². The van der Waals surface area contributed by atoms with Crippen LogP contribution in [0.3, 0.4) is 0 Å². The van der Waals surface area contributed by atoms with Crippen LogP contribution in [0.4, 0.5) is 0 Å². The second-order valence-corrected chi connectivity index (χ2v) is 10.1. The molecule has 5 nitrogen and oxygen atoms in total. The van der Waals surface area contributed by atoms with Gasteiger partial charge in [0.05, 0.1) is 23.4 Å². The summed E-state index contributed by atoms with van der Waals surface area (Å²) in [5.41, 5.74) is 5.86. The molecule has 1 fully saturated rings. The van der Waals surface area contributed by atoms with Crippen molar-refractivity contribution in [1.29, 1.82) is 0 Å². The Labute approximate surface area is 203 Å². The summed E-state index contributed by atoms with van der Waals surface area (Å²) in [4.78, 5) is 7.35. The van der Waals surface area contributed by atoms with E-state index in [4.69, 9.17) is 19.2 Å². The zero-order valence-electron chi connectivity index (χ0n) is 19.3. The van der Waals surface area contributed by atoms with Crippen molar-refractivity contribution in [3.63, 3.8) is 0 Å². The van der Waals surface area contributed by atoms with Gasteiger partial charge in [0, 0.05) is 37.2 Å². The molecule has 34 heavy (non-hydrogen) atoms. The van der Waals surface area contributed by atoms with Crippen molar-refractivity contribution in [2.75, 3.05) is 26.4 Å². The molecular formula is C28H28N2O3S. The van der Waals surface area contributed by atoms with Crippen molar-refractivity contribution in [3.8, 4) is 22.1 Å². The molecule has 2 aliphatic heterocycles. The zero-order valence-corrected chi connectivity index (χ0v) is 20.1. The fraction of sp³-hybridized carbons (Fsp3) is 0.321. The van der Waals surface area contributed by atoms with Crippen LogP contribution in [-0.2, 0) is 17.8 Å². The Bertz CT molecular complexity index is 1260. The number of rotatable bonds is 5. The number of aromatic nitrogens is 1. The summed E-state index contributed by atoms with van der Waals surface area (Å²) in [6.45, 7) is 6.69. The lowest BCUT2D eigenvalue weighted by Gasteiger charge is -2.20. The Balaban J connectivity index is 1.36. The number of ether oxygens (including phenoxy) is 3. The predicted molar refractivity (Wildman–Crippen MR) is 136 cm³/mol. The van der Waals surface area contributed by atoms with Crippen molar-refractivity contribution in [3.05, 3.63) is 77.4 Å². The summed E-state index contributed by atoms with van der Waals surface area (Å²) in [5.74, 6) is 1.67. The van der Waals surface area contributed by atoms with Crippen molar-refractivity contribution >= 4 is 21.6 Å². The standard InChI is InChI=1S/C28H28N2O3S/c1-19-6-8-20(9-7-19)16-30-11-13-32-27-22(17-30)14-21(15-25(27)33-23-10-12-31-18-23)28-29-24-4-2-3-5-26(24)34-28/h2-9,14-15,23H,10-13,16-18H2,1H3. The Hall–Kier alpha value is -2.93. The van der Waals surface area contributed by atoms with Crippen molar-refractivity contribution in [1.82, 2.24) is 9.88 Å². The number of nitrogens with zero attached hydrogens (tertiary/aromatic N) is 2. The maximum absolute atomic E-state index is 6.44. The van der Waals surface area contributed by atoms with Crippen LogP contribution in [0.1, 0.15) is 23.1 Å². The molecule has 174 valence electrons. The third kappa shape index (κ3) is 4.53. The normalized spacial score (nSPS) is 18.4. The first-order valence-corrected chi connectivity index (χ1v) is 12.7. The molecular weight excluding hydrogens is 444 g/mol. The highest BCUT2D eigenvalue weighted by Gasteiger charge is 2.25. The summed E-state index contributed by atoms with van der Waals surface area (Å²) in [7, 11) is 0. The lowest BCUT2D eigenvalue weighted by atomic mass is 10.1. The van der Waals surface area contributed by atoms with Gasteiger partial charge in [-0.2, -0.15) is 0 Å². The number of aryl methyl sites for hydroxylation is 1. The van der Waals surface area contributed by atoms with Gasteiger partial charge in [0.15, 0.2) is 11.5 Å². The Morgan fingerprint density at radius 1 is 1.09 bits per heavy atom. The number of para-hydroxylation sites is 1. The Kier molecular flexibility index (Phi) is 5.95. The molecule has 0 radical (unpaired) electrons. The molecule has 4 aromatic rings. The van der Waals surface area contributed by atoms with Gasteiger partial charge < -0.3 is 14.2 Å². The van der Waals surface area contributed by atoms with E-state index in [0.717, 1.165) is 65.8 Å². The minimum Gasteiger partial charge on any atom is -0.488 e. The molecule has 1 atom stereocenters. The zero-order chi connectivity index (χ0) is 22.9. The van der Waals surface area contributed by atoms with E-state index in [1.165, 1.54) is 15.8 Å². The number of hydrogen-bond donors (Lipinski definition) is 0. The van der Waals surface area contributed by atoms with E-state index < -0.39 is 0 Å². The van der Waals surface area contributed by atoms with Crippen LogP contribution in [0.5, 0.6) is 11.5 Å². The molecule has 0 spiro atoms. The molecule has 1 saturated heterocycles. The molecule has 3 aromatic carbocycles. The second kappa shape index (κ2) is 9.37. The van der Waals surface area contributed by atoms with Crippen LogP contribution >= 0.6 is 11.3 Å². The summed E-state index contributed by atoms with van der Waals surface area (Å²) >= 11 is 1.72. The minimum absolute atomic E-state index is 0.0604. The minimum atomic E-state index is 0.0604. The van der Waals surface area contributed by atoms with Crippen LogP contribution in [0.25, 0.3) is 20.8 Å². The van der Waals surface area contributed by atoms with Crippen LogP contribution < -0.4 is 9.47 Å². The maximum atomic E-state index is 6.44. The number of thiazole rings is 1. The van der Waals surface area contributed by atoms with E-state index in [0.29, 0.717) is 13.2 Å². The third-order valence-corrected chi connectivity index (χ3v) is 7.51. The highest BCUT2D eigenvalue weighted by Crippen LogP contribution is 2.41. The second-order valence-electron chi connectivity index (χ2n) is 9.10. The van der Waals surface area contributed by atoms with Gasteiger partial charge in [-0.1, -0.05) is 42.0 Å². The highest BCUT2D eigenvalue weighted by atomic mass is 32.1. The fourth-order valence-electron chi connectivity index (χ4n) is 4.62. The quantitative estimate of drug-likeness (QED) is 0.365. The Morgan fingerprint density at radius 2 is 1.97 bits per heavy atom. The molecule has 0 N–H and O–H groups in total. The van der Waals surface area contributed by atoms with Crippen LogP contribution in [0.2, 0.25) is 0 Å². The lowest BCUT2D eigenvalue weighted by Crippen LogP contribution is -2.25. The molecule has 0 amide bonds. The SMILES string of the molecule is Cc1ccc(CN2CCOc3c(cc(-c4nc5ccccc5s4)cc3OC3CCOC3)C2)cc1. The summed E-state index contributed by atoms with van der Waals surface area (Å²) in [6, 6.07) is 21.4. The predicted octanol–water partition coefficient (Wildman–Crippen LogP) is 5.83. The average Bonchev–Trinajstić information content (AvgIpc) is 3.47. The number of benzene rings is 3. The van der Waals surface area contributed by atoms with E-state index in [-0.39, 0.29) is 6.10 Å². The van der Waals surface area contributed by atoms with Crippen molar-refractivity contribution in [2.45, 2.75) is 32.5 Å². The summed E-state index contributed by atoms with van der Waals surface area (Å²) in [6.07, 6.45) is 0.963. The van der Waals surface area contributed by atoms with Crippen molar-refractivity contribution < 1.29 is 14.2 Å². The van der Waals surface area contributed by atoms with Gasteiger partial charge in [0.1, 0.15) is 17.7 Å². The van der Waals surface area contributed by atoms with Crippen LogP contribution in [-0.4, -0.2) is 42.4 Å². The molecule has 3 heterocycles. The number of hydrogen-bond acceptors (Lipinski definition) is 6. The lowest BCUT2D eigenvalue weighted by molar-refractivity contribution is 0.137. The van der Waals surface area contributed by atoms with E-state index in [2.05, 4.69) is 66.4 Å². The van der Waals surface area contributed by atoms with Crippen LogP contribution in [0, 0.1) is 6.92 Å². The van der Waals surface area contributed by atoms with E-state index in [9.17, 15) is 0 Å². The summed E-state index contributed by atoms with van der Waals surface area (Å²) < 4.78 is 19.5. The van der Waals surface area contributed by atoms with Gasteiger partial charge in [-0.05, 0) is 36.8 Å². The molecule has 0 aliphatic carbocycles. The highest BCUT2D eigenvalue weighted by molar-refractivity contribution is 7.21. The first kappa shape index (κ1) is 21.6. The largest absolute Gasteiger partial charge is 0.488 e. The van der Waals surface area contributed by atoms with Gasteiger partial charge in [-0.3, -0.25) is 4.90 Å². The molecule has 0 bridgehead atoms. The number of fused-ring (bicyclic) bond motifs is 2. The van der Waals surface area contributed by atoms with E-state index in [1.807, 2.05) is 6.07 Å². The monoisotopic (exact) mass is 472 g/mol. The third-order valence-electron chi connectivity index (χ3n) is 6.43. The van der Waals surface area contributed by atoms with Gasteiger partial charge in [0.2, 0.25) is 0 Å². The Morgan fingerprint density at radius 3 is 2.79 bits per heavy atom. The van der Waals surface area contributed by atoms with E-state index in [1.54, 1.807) is 11.3 Å². The van der Waals surface area contributed by atoms with Crippen LogP contribution in [0.15, 0.2) is 60.7 Å². The molecule has 1 aromatic heterocycles. The molecule has 2 aliphatic rings. The fourth-order valence-corrected chi connectivity index (χ4v) is 5.57. The topological polar surface area (TPSA) is 43.8 Å². The van der Waals surface area contributed by atoms with Crippen molar-refractivity contribution in [2.24, 2.45) is 0 Å². The first-order valence-electron chi connectivity index (χ1n) is 11.9. The molecule has 1 unspecified atom stereocenters. The maximum Gasteiger partial charge on any atom is 0.165 e. The molecule has 6 rings (SSSR count). The van der Waals surface area contributed by atoms with Gasteiger partial charge in [-0.25, -0.2) is 4.98 Å². The molecule has 6 heteroatoms. The van der Waals surface area contributed by atoms with Gasteiger partial charge in [-0.15, -0.1) is 11.3 Å². The van der Waals surface area contributed by atoms with E-state index >= 15 is 0 Å². The average molecular weight is 473 g/mol. The molecule has 0 saturated carbocycles.